The van der Waals surface area contributed by atoms with Gasteiger partial charge in [-0.05, 0) is 94.7 Å². The number of azo groups is 2. The third-order valence-electron chi connectivity index (χ3n) is 9.26. The first-order valence-electron chi connectivity index (χ1n) is 17.5. The van der Waals surface area contributed by atoms with Gasteiger partial charge < -0.3 is 31.5 Å². The van der Waals surface area contributed by atoms with Gasteiger partial charge in [0.15, 0.2) is 11.5 Å². The molecule has 7 aromatic rings. The number of rotatable bonds is 11. The molecule has 0 saturated carbocycles. The lowest BCUT2D eigenvalue weighted by atomic mass is 10.0. The van der Waals surface area contributed by atoms with Crippen LogP contribution in [-0.4, -0.2) is 72.3 Å². The van der Waals surface area contributed by atoms with E-state index in [-0.39, 0.29) is 39.3 Å². The summed E-state index contributed by atoms with van der Waals surface area (Å²) >= 11 is 0. The molecule has 0 aliphatic rings. The van der Waals surface area contributed by atoms with Gasteiger partial charge in [-0.15, -0.1) is 20.5 Å². The van der Waals surface area contributed by atoms with Gasteiger partial charge in [0.2, 0.25) is 0 Å². The molecule has 0 amide bonds. The van der Waals surface area contributed by atoms with E-state index in [1.54, 1.807) is 30.3 Å². The van der Waals surface area contributed by atoms with Gasteiger partial charge in [-0.25, -0.2) is 0 Å². The smallest absolute Gasteiger partial charge is 0.296 e. The number of aromatic hydroxyl groups is 4. The van der Waals surface area contributed by atoms with E-state index in [9.17, 15) is 72.3 Å². The summed E-state index contributed by atoms with van der Waals surface area (Å²) in [6.07, 6.45) is 0. The standard InChI is InChI=1S/C38H28N6O16S4/c39-25-16-23(40-22-4-2-1-3-5-22)10-20-14-31(63(55,56)57)35(37(47)33(20)25)43-41-26-8-6-18(12-28(26)45)19-7-9-27(29(46)13-19)42-44-36-32(64(58,59)60)15-21-11-24(61(49,50)51)17-30(62(52,53)54)34(21)38(36)48/h1-17,40,45-48H,39H2,(H,49,50,51)(H,52,53,54)(H,55,56,57)(H,58,59,60). The van der Waals surface area contributed by atoms with Gasteiger partial charge in [0.25, 0.3) is 40.5 Å². The molecule has 64 heavy (non-hydrogen) atoms. The van der Waals surface area contributed by atoms with Gasteiger partial charge in [-0.2, -0.15) is 33.7 Å². The molecular formula is C38H28N6O16S4. The Morgan fingerprint density at radius 2 is 0.922 bits per heavy atom. The zero-order valence-electron chi connectivity index (χ0n) is 31.7. The molecule has 0 atom stereocenters. The van der Waals surface area contributed by atoms with Crippen molar-refractivity contribution in [2.24, 2.45) is 20.5 Å². The van der Waals surface area contributed by atoms with Crippen LogP contribution < -0.4 is 11.1 Å². The maximum Gasteiger partial charge on any atom is 0.296 e. The van der Waals surface area contributed by atoms with E-state index in [0.717, 1.165) is 24.3 Å². The van der Waals surface area contributed by atoms with Crippen molar-refractivity contribution in [2.75, 3.05) is 11.1 Å². The predicted octanol–water partition coefficient (Wildman–Crippen LogP) is 7.63. The third kappa shape index (κ3) is 8.96. The zero-order chi connectivity index (χ0) is 46.7. The second-order valence-corrected chi connectivity index (χ2v) is 19.1. The van der Waals surface area contributed by atoms with Crippen LogP contribution in [0.5, 0.6) is 23.0 Å². The van der Waals surface area contributed by atoms with Crippen LogP contribution in [0.3, 0.4) is 0 Å². The number of benzene rings is 7. The van der Waals surface area contributed by atoms with Crippen molar-refractivity contribution in [3.63, 3.8) is 0 Å². The van der Waals surface area contributed by atoms with Crippen LogP contribution in [0.4, 0.5) is 39.8 Å². The summed E-state index contributed by atoms with van der Waals surface area (Å²) in [7, 11) is -20.9. The Morgan fingerprint density at radius 1 is 0.453 bits per heavy atom. The molecule has 0 aliphatic heterocycles. The van der Waals surface area contributed by atoms with Crippen molar-refractivity contribution in [1.82, 2.24) is 0 Å². The summed E-state index contributed by atoms with van der Waals surface area (Å²) in [6.45, 7) is 0. The lowest BCUT2D eigenvalue weighted by molar-refractivity contribution is 0.469. The lowest BCUT2D eigenvalue weighted by Gasteiger charge is -2.14. The molecule has 0 radical (unpaired) electrons. The molecule has 0 spiro atoms. The van der Waals surface area contributed by atoms with Gasteiger partial charge in [-0.1, -0.05) is 30.3 Å². The Labute approximate surface area is 360 Å². The number of nitrogens with two attached hydrogens (primary N) is 1. The van der Waals surface area contributed by atoms with Crippen LogP contribution in [0.15, 0.2) is 143 Å². The fourth-order valence-electron chi connectivity index (χ4n) is 6.42. The Hall–Kier alpha value is -7.30. The van der Waals surface area contributed by atoms with E-state index in [0.29, 0.717) is 23.5 Å². The minimum Gasteiger partial charge on any atom is -0.506 e. The quantitative estimate of drug-likeness (QED) is 0.0338. The molecule has 0 aliphatic carbocycles. The normalized spacial score (nSPS) is 12.8. The number of nitrogen functional groups attached to an aromatic ring is 1. The fraction of sp³-hybridized carbons (Fsp3) is 0. The predicted molar refractivity (Wildman–Crippen MR) is 228 cm³/mol. The Bertz CT molecular complexity index is 3650. The Balaban J connectivity index is 1.21. The number of anilines is 3. The molecule has 11 N–H and O–H groups in total. The van der Waals surface area contributed by atoms with Crippen LogP contribution in [0.25, 0.3) is 32.7 Å². The first-order valence-corrected chi connectivity index (χ1v) is 23.2. The van der Waals surface area contributed by atoms with Gasteiger partial charge in [-0.3, -0.25) is 18.2 Å². The van der Waals surface area contributed by atoms with E-state index in [1.165, 1.54) is 30.3 Å². The highest BCUT2D eigenvalue weighted by Gasteiger charge is 2.29. The molecule has 330 valence electrons. The van der Waals surface area contributed by atoms with E-state index >= 15 is 0 Å². The lowest BCUT2D eigenvalue weighted by Crippen LogP contribution is -2.06. The third-order valence-corrected chi connectivity index (χ3v) is 12.7. The van der Waals surface area contributed by atoms with Crippen LogP contribution in [0.1, 0.15) is 0 Å². The van der Waals surface area contributed by atoms with Crippen molar-refractivity contribution in [2.45, 2.75) is 19.6 Å². The number of hydrogen-bond donors (Lipinski definition) is 10. The van der Waals surface area contributed by atoms with Crippen molar-refractivity contribution in [3.8, 4) is 34.1 Å². The maximum atomic E-state index is 12.5. The molecule has 7 rings (SSSR count). The summed E-state index contributed by atoms with van der Waals surface area (Å²) in [4.78, 5) is -4.50. The highest BCUT2D eigenvalue weighted by Crippen LogP contribution is 2.47. The molecule has 0 saturated heterocycles. The molecule has 0 aromatic heterocycles. The molecule has 22 nitrogen and oxygen atoms in total. The Kier molecular flexibility index (Phi) is 11.3. The van der Waals surface area contributed by atoms with Gasteiger partial charge in [0.1, 0.15) is 48.9 Å². The number of fused-ring (bicyclic) bond motifs is 2. The minimum atomic E-state index is -5.39. The van der Waals surface area contributed by atoms with Crippen LogP contribution in [-0.2, 0) is 40.5 Å². The monoisotopic (exact) mass is 952 g/mol. The summed E-state index contributed by atoms with van der Waals surface area (Å²) in [5, 5.41) is 60.4. The molecular weight excluding hydrogens is 925 g/mol. The second-order valence-electron chi connectivity index (χ2n) is 13.5. The highest BCUT2D eigenvalue weighted by atomic mass is 32.2. The van der Waals surface area contributed by atoms with Gasteiger partial charge in [0, 0.05) is 27.8 Å². The first kappa shape index (κ1) is 44.7. The average molecular weight is 953 g/mol. The molecule has 7 aromatic carbocycles. The number of para-hydroxylation sites is 1. The van der Waals surface area contributed by atoms with Crippen molar-refractivity contribution < 1.29 is 72.3 Å². The van der Waals surface area contributed by atoms with E-state index < -0.39 is 111 Å². The highest BCUT2D eigenvalue weighted by molar-refractivity contribution is 7.87. The summed E-state index contributed by atoms with van der Waals surface area (Å²) in [6, 6.07) is 21.5. The van der Waals surface area contributed by atoms with Crippen molar-refractivity contribution in [3.05, 3.63) is 103 Å². The summed E-state index contributed by atoms with van der Waals surface area (Å²) in [5.41, 5.74) is 5.30. The van der Waals surface area contributed by atoms with Crippen LogP contribution in [0.2, 0.25) is 0 Å². The summed E-state index contributed by atoms with van der Waals surface area (Å²) in [5.74, 6) is -3.29. The van der Waals surface area contributed by atoms with E-state index in [1.807, 2.05) is 0 Å². The number of nitrogens with one attached hydrogen (secondary N) is 1. The Morgan fingerprint density at radius 3 is 1.38 bits per heavy atom. The van der Waals surface area contributed by atoms with Gasteiger partial charge >= 0.3 is 0 Å². The largest absolute Gasteiger partial charge is 0.506 e. The number of phenolic OH excluding ortho intramolecular Hbond substituents is 4. The SMILES string of the molecule is Nc1cc(Nc2ccccc2)cc2cc(S(=O)(=O)O)c(N=Nc3ccc(-c4ccc(N=Nc5c(S(=O)(=O)O)cc6cc(S(=O)(=O)O)cc(S(=O)(=O)O)c6c5O)c(O)c4)cc3O)c(O)c12. The average Bonchev–Trinajstić information content (AvgIpc) is 3.19. The fourth-order valence-corrected chi connectivity index (χ4v) is 9.11. The second kappa shape index (κ2) is 16.1. The molecule has 26 heteroatoms. The molecule has 0 fully saturated rings. The van der Waals surface area contributed by atoms with Crippen LogP contribution in [0, 0.1) is 0 Å². The van der Waals surface area contributed by atoms with Crippen molar-refractivity contribution >= 4 is 102 Å². The minimum absolute atomic E-state index is 0.0119. The number of phenols is 4. The van der Waals surface area contributed by atoms with Gasteiger partial charge in [0.05, 0.1) is 4.90 Å². The van der Waals surface area contributed by atoms with E-state index in [2.05, 4.69) is 25.8 Å². The number of hydrogen-bond acceptors (Lipinski definition) is 18. The molecule has 0 heterocycles. The van der Waals surface area contributed by atoms with Crippen molar-refractivity contribution in [1.29, 1.82) is 0 Å². The molecule has 0 bridgehead atoms. The van der Waals surface area contributed by atoms with Crippen LogP contribution >= 0.6 is 0 Å². The number of nitrogens with zero attached hydrogens (tertiary/aromatic N) is 4. The maximum absolute atomic E-state index is 12.5. The first-order chi connectivity index (χ1) is 29.8. The summed E-state index contributed by atoms with van der Waals surface area (Å²) < 4.78 is 137. The zero-order valence-corrected chi connectivity index (χ0v) is 34.9. The molecule has 0 unspecified atom stereocenters. The van der Waals surface area contributed by atoms with E-state index in [4.69, 9.17) is 5.73 Å². The topological polar surface area (TPSA) is 386 Å².